The Morgan fingerprint density at radius 3 is 2.91 bits per heavy atom. The van der Waals surface area contributed by atoms with Gasteiger partial charge in [0, 0.05) is 12.0 Å². The SMILES string of the molecule is C#CCc1cc(C)ccc1O. The van der Waals surface area contributed by atoms with Crippen LogP contribution in [0.1, 0.15) is 11.1 Å². The molecule has 1 heteroatoms. The zero-order valence-corrected chi connectivity index (χ0v) is 6.46. The molecule has 0 spiro atoms. The van der Waals surface area contributed by atoms with Crippen molar-refractivity contribution in [2.75, 3.05) is 0 Å². The van der Waals surface area contributed by atoms with Gasteiger partial charge in [-0.2, -0.15) is 0 Å². The molecule has 0 bridgehead atoms. The topological polar surface area (TPSA) is 20.2 Å². The maximum Gasteiger partial charge on any atom is 0.119 e. The Balaban J connectivity index is 3.05. The molecule has 0 aliphatic carbocycles. The van der Waals surface area contributed by atoms with Crippen LogP contribution >= 0.6 is 0 Å². The van der Waals surface area contributed by atoms with Gasteiger partial charge < -0.3 is 5.11 Å². The van der Waals surface area contributed by atoms with Gasteiger partial charge in [-0.15, -0.1) is 12.3 Å². The molecule has 1 N–H and O–H groups in total. The predicted molar refractivity (Wildman–Crippen MR) is 45.4 cm³/mol. The fourth-order valence-corrected chi connectivity index (χ4v) is 0.966. The summed E-state index contributed by atoms with van der Waals surface area (Å²) in [5, 5.41) is 9.27. The lowest BCUT2D eigenvalue weighted by Crippen LogP contribution is -1.83. The second-order valence-corrected chi connectivity index (χ2v) is 2.51. The maximum atomic E-state index is 9.27. The average molecular weight is 146 g/mol. The lowest BCUT2D eigenvalue weighted by molar-refractivity contribution is 0.470. The van der Waals surface area contributed by atoms with Crippen molar-refractivity contribution in [3.63, 3.8) is 0 Å². The molecule has 0 aliphatic rings. The molecule has 0 radical (unpaired) electrons. The standard InChI is InChI=1S/C10H10O/c1-3-4-9-7-8(2)5-6-10(9)11/h1,5-7,11H,4H2,2H3. The Labute approximate surface area is 66.7 Å². The Morgan fingerprint density at radius 1 is 1.55 bits per heavy atom. The van der Waals surface area contributed by atoms with E-state index in [4.69, 9.17) is 6.42 Å². The van der Waals surface area contributed by atoms with Gasteiger partial charge in [0.1, 0.15) is 5.75 Å². The monoisotopic (exact) mass is 146 g/mol. The number of benzene rings is 1. The molecule has 11 heavy (non-hydrogen) atoms. The second kappa shape index (κ2) is 3.12. The van der Waals surface area contributed by atoms with Crippen LogP contribution < -0.4 is 0 Å². The molecule has 0 amide bonds. The quantitative estimate of drug-likeness (QED) is 0.600. The third kappa shape index (κ3) is 1.75. The molecule has 1 rings (SSSR count). The van der Waals surface area contributed by atoms with Crippen LogP contribution in [0, 0.1) is 19.3 Å². The zero-order valence-electron chi connectivity index (χ0n) is 6.46. The molecule has 0 heterocycles. The van der Waals surface area contributed by atoms with Gasteiger partial charge in [0.15, 0.2) is 0 Å². The molecule has 0 unspecified atom stereocenters. The molecule has 1 nitrogen and oxygen atoms in total. The van der Waals surface area contributed by atoms with E-state index in [-0.39, 0.29) is 5.75 Å². The van der Waals surface area contributed by atoms with Crippen molar-refractivity contribution >= 4 is 0 Å². The van der Waals surface area contributed by atoms with Crippen LogP contribution in [0.3, 0.4) is 0 Å². The molecular formula is C10H10O. The molecule has 56 valence electrons. The predicted octanol–water partition coefficient (Wildman–Crippen LogP) is 1.88. The van der Waals surface area contributed by atoms with Crippen LogP contribution in [0.5, 0.6) is 5.75 Å². The summed E-state index contributed by atoms with van der Waals surface area (Å²) in [6.07, 6.45) is 5.61. The summed E-state index contributed by atoms with van der Waals surface area (Å²) in [4.78, 5) is 0. The highest BCUT2D eigenvalue weighted by Gasteiger charge is 1.97. The number of rotatable bonds is 1. The lowest BCUT2D eigenvalue weighted by Gasteiger charge is -2.00. The third-order valence-electron chi connectivity index (χ3n) is 1.53. The van der Waals surface area contributed by atoms with E-state index in [1.54, 1.807) is 6.07 Å². The van der Waals surface area contributed by atoms with E-state index in [1.165, 1.54) is 0 Å². The van der Waals surface area contributed by atoms with Gasteiger partial charge in [0.25, 0.3) is 0 Å². The van der Waals surface area contributed by atoms with Gasteiger partial charge in [-0.3, -0.25) is 0 Å². The summed E-state index contributed by atoms with van der Waals surface area (Å²) in [5.41, 5.74) is 1.94. The fraction of sp³-hybridized carbons (Fsp3) is 0.200. The van der Waals surface area contributed by atoms with E-state index in [9.17, 15) is 5.11 Å². The van der Waals surface area contributed by atoms with Crippen LogP contribution in [-0.4, -0.2) is 5.11 Å². The Hall–Kier alpha value is -1.42. The molecule has 0 atom stereocenters. The van der Waals surface area contributed by atoms with Crippen molar-refractivity contribution in [3.05, 3.63) is 29.3 Å². The number of terminal acetylenes is 1. The molecular weight excluding hydrogens is 136 g/mol. The van der Waals surface area contributed by atoms with E-state index in [0.717, 1.165) is 11.1 Å². The van der Waals surface area contributed by atoms with Crippen LogP contribution in [0.25, 0.3) is 0 Å². The summed E-state index contributed by atoms with van der Waals surface area (Å²) in [5.74, 6) is 2.78. The van der Waals surface area contributed by atoms with E-state index in [0.29, 0.717) is 6.42 Å². The van der Waals surface area contributed by atoms with Gasteiger partial charge >= 0.3 is 0 Å². The highest BCUT2D eigenvalue weighted by molar-refractivity contribution is 5.37. The Morgan fingerprint density at radius 2 is 2.27 bits per heavy atom. The first-order valence-electron chi connectivity index (χ1n) is 3.46. The van der Waals surface area contributed by atoms with Gasteiger partial charge in [0.05, 0.1) is 0 Å². The van der Waals surface area contributed by atoms with Crippen molar-refractivity contribution < 1.29 is 5.11 Å². The smallest absolute Gasteiger partial charge is 0.119 e. The van der Waals surface area contributed by atoms with Gasteiger partial charge in [-0.25, -0.2) is 0 Å². The van der Waals surface area contributed by atoms with Crippen LogP contribution in [-0.2, 0) is 6.42 Å². The molecule has 0 aromatic heterocycles. The number of aromatic hydroxyl groups is 1. The van der Waals surface area contributed by atoms with Crippen molar-refractivity contribution in [1.29, 1.82) is 0 Å². The molecule has 0 saturated heterocycles. The minimum atomic E-state index is 0.286. The average Bonchev–Trinajstić information content (AvgIpc) is 1.98. The highest BCUT2D eigenvalue weighted by Crippen LogP contribution is 2.17. The molecule has 0 aliphatic heterocycles. The Kier molecular flexibility index (Phi) is 2.18. The summed E-state index contributed by atoms with van der Waals surface area (Å²) >= 11 is 0. The largest absolute Gasteiger partial charge is 0.508 e. The highest BCUT2D eigenvalue weighted by atomic mass is 16.3. The fourth-order valence-electron chi connectivity index (χ4n) is 0.966. The summed E-state index contributed by atoms with van der Waals surface area (Å²) in [7, 11) is 0. The van der Waals surface area contributed by atoms with Crippen LogP contribution in [0.4, 0.5) is 0 Å². The maximum absolute atomic E-state index is 9.27. The number of phenolic OH excluding ortho intramolecular Hbond substituents is 1. The number of hydrogen-bond donors (Lipinski definition) is 1. The van der Waals surface area contributed by atoms with Crippen molar-refractivity contribution in [2.24, 2.45) is 0 Å². The third-order valence-corrected chi connectivity index (χ3v) is 1.53. The van der Waals surface area contributed by atoms with Gasteiger partial charge in [-0.05, 0) is 13.0 Å². The van der Waals surface area contributed by atoms with Gasteiger partial charge in [-0.1, -0.05) is 17.7 Å². The molecule has 1 aromatic carbocycles. The van der Waals surface area contributed by atoms with Crippen LogP contribution in [0.2, 0.25) is 0 Å². The summed E-state index contributed by atoms with van der Waals surface area (Å²) in [6.45, 7) is 1.97. The summed E-state index contributed by atoms with van der Waals surface area (Å²) in [6, 6.07) is 5.42. The first-order chi connectivity index (χ1) is 5.24. The van der Waals surface area contributed by atoms with E-state index < -0.39 is 0 Å². The van der Waals surface area contributed by atoms with Gasteiger partial charge in [0.2, 0.25) is 0 Å². The molecule has 0 saturated carbocycles. The number of hydrogen-bond acceptors (Lipinski definition) is 1. The lowest BCUT2D eigenvalue weighted by atomic mass is 10.1. The minimum Gasteiger partial charge on any atom is -0.508 e. The molecule has 0 fully saturated rings. The second-order valence-electron chi connectivity index (χ2n) is 2.51. The van der Waals surface area contributed by atoms with E-state index >= 15 is 0 Å². The Bertz CT molecular complexity index is 294. The summed E-state index contributed by atoms with van der Waals surface area (Å²) < 4.78 is 0. The van der Waals surface area contributed by atoms with E-state index in [2.05, 4.69) is 5.92 Å². The van der Waals surface area contributed by atoms with Crippen molar-refractivity contribution in [1.82, 2.24) is 0 Å². The zero-order chi connectivity index (χ0) is 8.27. The van der Waals surface area contributed by atoms with E-state index in [1.807, 2.05) is 19.1 Å². The minimum absolute atomic E-state index is 0.286. The number of aryl methyl sites for hydroxylation is 1. The number of phenols is 1. The first kappa shape index (κ1) is 7.68. The molecule has 1 aromatic rings. The normalized spacial score (nSPS) is 9.09. The van der Waals surface area contributed by atoms with Crippen LogP contribution in [0.15, 0.2) is 18.2 Å². The van der Waals surface area contributed by atoms with Crippen molar-refractivity contribution in [3.8, 4) is 18.1 Å². The first-order valence-corrected chi connectivity index (χ1v) is 3.46. The van der Waals surface area contributed by atoms with Crippen molar-refractivity contribution in [2.45, 2.75) is 13.3 Å².